The third-order valence-electron chi connectivity index (χ3n) is 5.11. The Kier molecular flexibility index (Phi) is 15.1. The Labute approximate surface area is 199 Å². The fraction of sp³-hybridized carbons (Fsp3) is 0.682. The van der Waals surface area contributed by atoms with Crippen LogP contribution in [-0.2, 0) is 22.6 Å². The molecule has 0 spiro atoms. The van der Waals surface area contributed by atoms with E-state index < -0.39 is 0 Å². The average Bonchev–Trinajstić information content (AvgIpc) is 2.94. The molecule has 0 saturated carbocycles. The molecule has 0 aliphatic carbocycles. The summed E-state index contributed by atoms with van der Waals surface area (Å²) in [5, 5.41) is 6.70. The van der Waals surface area contributed by atoms with Crippen LogP contribution in [0, 0.1) is 0 Å². The minimum Gasteiger partial charge on any atom is -0.382 e. The first-order chi connectivity index (χ1) is 14.2. The van der Waals surface area contributed by atoms with Gasteiger partial charge in [0.1, 0.15) is 0 Å². The van der Waals surface area contributed by atoms with Crippen LogP contribution in [0.4, 0.5) is 0 Å². The number of nitrogens with zero attached hydrogens (tertiary/aromatic N) is 3. The van der Waals surface area contributed by atoms with Crippen LogP contribution in [0.2, 0.25) is 0 Å². The number of halogens is 1. The van der Waals surface area contributed by atoms with Crippen LogP contribution < -0.4 is 10.6 Å². The molecule has 8 heteroatoms. The van der Waals surface area contributed by atoms with Gasteiger partial charge in [0.2, 0.25) is 0 Å². The smallest absolute Gasteiger partial charge is 0.191 e. The predicted octanol–water partition coefficient (Wildman–Crippen LogP) is 2.16. The van der Waals surface area contributed by atoms with Gasteiger partial charge in [0.15, 0.2) is 5.96 Å². The Balaban J connectivity index is 0.00000450. The number of benzene rings is 1. The Morgan fingerprint density at radius 2 is 1.77 bits per heavy atom. The van der Waals surface area contributed by atoms with Crippen molar-refractivity contribution >= 4 is 29.9 Å². The van der Waals surface area contributed by atoms with E-state index in [0.29, 0.717) is 13.2 Å². The summed E-state index contributed by atoms with van der Waals surface area (Å²) < 4.78 is 10.4. The number of aliphatic imine (C=N–C) groups is 1. The van der Waals surface area contributed by atoms with Gasteiger partial charge in [-0.3, -0.25) is 9.89 Å². The molecule has 0 aromatic heterocycles. The van der Waals surface area contributed by atoms with E-state index in [1.807, 2.05) is 0 Å². The highest BCUT2D eigenvalue weighted by Gasteiger charge is 2.12. The second-order valence-corrected chi connectivity index (χ2v) is 7.56. The van der Waals surface area contributed by atoms with Crippen molar-refractivity contribution in [2.24, 2.45) is 4.99 Å². The number of methoxy groups -OCH3 is 1. The van der Waals surface area contributed by atoms with Gasteiger partial charge in [0.25, 0.3) is 0 Å². The van der Waals surface area contributed by atoms with Crippen LogP contribution in [-0.4, -0.2) is 89.5 Å². The zero-order valence-corrected chi connectivity index (χ0v) is 21.2. The molecule has 1 aromatic carbocycles. The Bertz CT molecular complexity index is 585. The molecule has 1 aliphatic rings. The fourth-order valence-corrected chi connectivity index (χ4v) is 3.31. The first kappa shape index (κ1) is 27.1. The second-order valence-electron chi connectivity index (χ2n) is 7.56. The topological polar surface area (TPSA) is 61.4 Å². The number of nitrogens with one attached hydrogen (secondary N) is 2. The van der Waals surface area contributed by atoms with E-state index in [2.05, 4.69) is 56.7 Å². The van der Waals surface area contributed by atoms with Crippen molar-refractivity contribution in [1.29, 1.82) is 0 Å². The number of hydrogen-bond donors (Lipinski definition) is 2. The summed E-state index contributed by atoms with van der Waals surface area (Å²) in [6.45, 7) is 9.35. The van der Waals surface area contributed by atoms with E-state index in [1.165, 1.54) is 30.6 Å². The van der Waals surface area contributed by atoms with Crippen LogP contribution in [0.3, 0.4) is 0 Å². The molecule has 1 fully saturated rings. The molecule has 172 valence electrons. The largest absolute Gasteiger partial charge is 0.382 e. The maximum atomic E-state index is 5.47. The van der Waals surface area contributed by atoms with Crippen molar-refractivity contribution in [2.45, 2.75) is 25.9 Å². The molecule has 1 heterocycles. The van der Waals surface area contributed by atoms with Gasteiger partial charge in [-0.05, 0) is 44.1 Å². The van der Waals surface area contributed by atoms with E-state index in [4.69, 9.17) is 9.47 Å². The molecule has 0 atom stereocenters. The summed E-state index contributed by atoms with van der Waals surface area (Å²) in [5.41, 5.74) is 2.64. The average molecular weight is 533 g/mol. The standard InChI is InChI=1S/C22H39N5O2.HI/c1-23-22(24-10-4-15-29-17-16-28-3)25-18-20-6-8-21(9-7-20)19-27-12-5-11-26(2)13-14-27;/h6-9H,4-5,10-19H2,1-3H3,(H2,23,24,25);1H. The quantitative estimate of drug-likeness (QED) is 0.197. The lowest BCUT2D eigenvalue weighted by Crippen LogP contribution is -2.37. The third-order valence-corrected chi connectivity index (χ3v) is 5.11. The van der Waals surface area contributed by atoms with Gasteiger partial charge in [0, 0.05) is 53.5 Å². The Morgan fingerprint density at radius 3 is 2.50 bits per heavy atom. The molecular weight excluding hydrogens is 493 g/mol. The zero-order chi connectivity index (χ0) is 20.7. The molecule has 1 saturated heterocycles. The van der Waals surface area contributed by atoms with Gasteiger partial charge in [0.05, 0.1) is 13.2 Å². The summed E-state index contributed by atoms with van der Waals surface area (Å²) in [6.07, 6.45) is 2.19. The van der Waals surface area contributed by atoms with Gasteiger partial charge >= 0.3 is 0 Å². The fourth-order valence-electron chi connectivity index (χ4n) is 3.31. The number of likely N-dealkylation sites (N-methyl/N-ethyl adjacent to an activating group) is 1. The summed E-state index contributed by atoms with van der Waals surface area (Å²) in [7, 11) is 5.69. The third kappa shape index (κ3) is 11.5. The number of ether oxygens (including phenoxy) is 2. The lowest BCUT2D eigenvalue weighted by atomic mass is 10.1. The van der Waals surface area contributed by atoms with E-state index in [0.717, 1.165) is 51.7 Å². The molecule has 1 aliphatic heterocycles. The van der Waals surface area contributed by atoms with Crippen LogP contribution >= 0.6 is 24.0 Å². The Hall–Kier alpha value is -0.940. The normalized spacial score (nSPS) is 16.0. The van der Waals surface area contributed by atoms with E-state index in [-0.39, 0.29) is 24.0 Å². The molecule has 0 radical (unpaired) electrons. The first-order valence-electron chi connectivity index (χ1n) is 10.7. The molecule has 7 nitrogen and oxygen atoms in total. The highest BCUT2D eigenvalue weighted by molar-refractivity contribution is 14.0. The predicted molar refractivity (Wildman–Crippen MR) is 135 cm³/mol. The lowest BCUT2D eigenvalue weighted by Gasteiger charge is -2.20. The molecule has 1 aromatic rings. The molecule has 2 rings (SSSR count). The Morgan fingerprint density at radius 1 is 1.00 bits per heavy atom. The summed E-state index contributed by atoms with van der Waals surface area (Å²) in [4.78, 5) is 9.26. The van der Waals surface area contributed by atoms with Gasteiger partial charge in [-0.15, -0.1) is 24.0 Å². The summed E-state index contributed by atoms with van der Waals surface area (Å²) in [5.74, 6) is 0.819. The maximum absolute atomic E-state index is 5.47. The van der Waals surface area contributed by atoms with Gasteiger partial charge in [-0.25, -0.2) is 0 Å². The van der Waals surface area contributed by atoms with Crippen LogP contribution in [0.25, 0.3) is 0 Å². The lowest BCUT2D eigenvalue weighted by molar-refractivity contribution is 0.0698. The molecule has 0 unspecified atom stereocenters. The van der Waals surface area contributed by atoms with Crippen molar-refractivity contribution in [2.75, 3.05) is 73.7 Å². The summed E-state index contributed by atoms with van der Waals surface area (Å²) in [6, 6.07) is 8.92. The van der Waals surface area contributed by atoms with Crippen molar-refractivity contribution < 1.29 is 9.47 Å². The molecular formula is C22H40IN5O2. The van der Waals surface area contributed by atoms with Gasteiger partial charge in [-0.2, -0.15) is 0 Å². The number of rotatable bonds is 11. The second kappa shape index (κ2) is 16.7. The molecule has 0 bridgehead atoms. The minimum atomic E-state index is 0. The molecule has 2 N–H and O–H groups in total. The van der Waals surface area contributed by atoms with E-state index in [1.54, 1.807) is 14.2 Å². The molecule has 30 heavy (non-hydrogen) atoms. The maximum Gasteiger partial charge on any atom is 0.191 e. The number of hydrogen-bond acceptors (Lipinski definition) is 5. The van der Waals surface area contributed by atoms with Crippen LogP contribution in [0.1, 0.15) is 24.0 Å². The monoisotopic (exact) mass is 533 g/mol. The zero-order valence-electron chi connectivity index (χ0n) is 18.9. The summed E-state index contributed by atoms with van der Waals surface area (Å²) >= 11 is 0. The highest BCUT2D eigenvalue weighted by atomic mass is 127. The minimum absolute atomic E-state index is 0. The van der Waals surface area contributed by atoms with Crippen LogP contribution in [0.5, 0.6) is 0 Å². The van der Waals surface area contributed by atoms with Crippen molar-refractivity contribution in [3.63, 3.8) is 0 Å². The van der Waals surface area contributed by atoms with Crippen LogP contribution in [0.15, 0.2) is 29.3 Å². The van der Waals surface area contributed by atoms with Crippen molar-refractivity contribution in [3.8, 4) is 0 Å². The molecule has 0 amide bonds. The van der Waals surface area contributed by atoms with E-state index in [9.17, 15) is 0 Å². The van der Waals surface area contributed by atoms with Crippen molar-refractivity contribution in [3.05, 3.63) is 35.4 Å². The highest BCUT2D eigenvalue weighted by Crippen LogP contribution is 2.10. The first-order valence-corrected chi connectivity index (χ1v) is 10.7. The van der Waals surface area contributed by atoms with Gasteiger partial charge in [-0.1, -0.05) is 24.3 Å². The van der Waals surface area contributed by atoms with E-state index >= 15 is 0 Å². The number of guanidine groups is 1. The van der Waals surface area contributed by atoms with Gasteiger partial charge < -0.3 is 25.0 Å². The van der Waals surface area contributed by atoms with Crippen molar-refractivity contribution in [1.82, 2.24) is 20.4 Å². The SMILES string of the molecule is CN=C(NCCCOCCOC)NCc1ccc(CN2CCCN(C)CC2)cc1.I.